The van der Waals surface area contributed by atoms with Crippen LogP contribution < -0.4 is 10.1 Å². The fourth-order valence-electron chi connectivity index (χ4n) is 2.24. The van der Waals surface area contributed by atoms with Crippen LogP contribution in [0.1, 0.15) is 18.5 Å². The van der Waals surface area contributed by atoms with Gasteiger partial charge in [-0.25, -0.2) is 4.98 Å². The van der Waals surface area contributed by atoms with E-state index < -0.39 is 0 Å². The number of hydrogen-bond donors (Lipinski definition) is 1. The van der Waals surface area contributed by atoms with Crippen molar-refractivity contribution >= 4 is 12.4 Å². The lowest BCUT2D eigenvalue weighted by molar-refractivity contribution is 0.281. The Morgan fingerprint density at radius 2 is 2.22 bits per heavy atom. The third kappa shape index (κ3) is 4.08. The largest absolute Gasteiger partial charge is 0.480 e. The molecule has 1 unspecified atom stereocenters. The molecule has 5 nitrogen and oxygen atoms in total. The highest BCUT2D eigenvalue weighted by molar-refractivity contribution is 5.85. The average molecular weight is 273 g/mol. The number of hydrogen-bond acceptors (Lipinski definition) is 5. The van der Waals surface area contributed by atoms with Crippen LogP contribution in [0.5, 0.6) is 5.88 Å². The quantitative estimate of drug-likeness (QED) is 0.870. The first-order valence-electron chi connectivity index (χ1n) is 6.05. The molecule has 102 valence electrons. The smallest absolute Gasteiger partial charge is 0.236 e. The van der Waals surface area contributed by atoms with Gasteiger partial charge >= 0.3 is 0 Å². The van der Waals surface area contributed by atoms with Gasteiger partial charge in [-0.1, -0.05) is 0 Å². The molecule has 1 N–H and O–H groups in total. The molecule has 0 aromatic carbocycles. The molecule has 1 atom stereocenters. The summed E-state index contributed by atoms with van der Waals surface area (Å²) >= 11 is 0. The Kier molecular flexibility index (Phi) is 6.32. The summed E-state index contributed by atoms with van der Waals surface area (Å²) < 4.78 is 5.20. The highest BCUT2D eigenvalue weighted by Gasteiger charge is 2.17. The van der Waals surface area contributed by atoms with Gasteiger partial charge in [-0.05, 0) is 26.4 Å². The Balaban J connectivity index is 0.00000162. The molecule has 1 aromatic heterocycles. The molecule has 1 saturated heterocycles. The molecule has 2 heterocycles. The third-order valence-electron chi connectivity index (χ3n) is 3.04. The second kappa shape index (κ2) is 7.51. The lowest BCUT2D eigenvalue weighted by Crippen LogP contribution is -2.35. The van der Waals surface area contributed by atoms with Crippen LogP contribution >= 0.6 is 12.4 Å². The summed E-state index contributed by atoms with van der Waals surface area (Å²) in [6.45, 7) is 2.96. The van der Waals surface area contributed by atoms with E-state index in [-0.39, 0.29) is 12.4 Å². The van der Waals surface area contributed by atoms with Crippen molar-refractivity contribution in [1.82, 2.24) is 20.2 Å². The molecule has 1 aliphatic heterocycles. The van der Waals surface area contributed by atoms with E-state index in [1.165, 1.54) is 12.8 Å². The van der Waals surface area contributed by atoms with Gasteiger partial charge in [0.2, 0.25) is 5.88 Å². The molecule has 1 aromatic rings. The van der Waals surface area contributed by atoms with Crippen LogP contribution in [0, 0.1) is 0 Å². The summed E-state index contributed by atoms with van der Waals surface area (Å²) in [7, 11) is 3.74. The second-order valence-corrected chi connectivity index (χ2v) is 4.50. The van der Waals surface area contributed by atoms with Crippen molar-refractivity contribution in [3.63, 3.8) is 0 Å². The SMILES string of the molecule is COc1nccnc1CN(C)CC1CCCN1.Cl. The topological polar surface area (TPSA) is 50.3 Å². The molecule has 0 aliphatic carbocycles. The van der Waals surface area contributed by atoms with Crippen LogP contribution in [0.15, 0.2) is 12.4 Å². The van der Waals surface area contributed by atoms with Crippen molar-refractivity contribution in [2.45, 2.75) is 25.4 Å². The molecule has 0 radical (unpaired) electrons. The summed E-state index contributed by atoms with van der Waals surface area (Å²) in [6, 6.07) is 0.614. The molecule has 0 amide bonds. The Labute approximate surface area is 114 Å². The van der Waals surface area contributed by atoms with Gasteiger partial charge in [-0.2, -0.15) is 0 Å². The first-order valence-corrected chi connectivity index (χ1v) is 6.05. The van der Waals surface area contributed by atoms with Crippen molar-refractivity contribution in [2.75, 3.05) is 27.2 Å². The van der Waals surface area contributed by atoms with Crippen LogP contribution in [0.2, 0.25) is 0 Å². The van der Waals surface area contributed by atoms with E-state index in [0.29, 0.717) is 11.9 Å². The lowest BCUT2D eigenvalue weighted by atomic mass is 10.2. The minimum Gasteiger partial charge on any atom is -0.480 e. The minimum absolute atomic E-state index is 0. The molecular weight excluding hydrogens is 252 g/mol. The molecule has 2 rings (SSSR count). The number of nitrogens with zero attached hydrogens (tertiary/aromatic N) is 3. The Hall–Kier alpha value is -0.910. The van der Waals surface area contributed by atoms with Crippen LogP contribution in [-0.2, 0) is 6.54 Å². The maximum Gasteiger partial charge on any atom is 0.236 e. The maximum atomic E-state index is 5.20. The maximum absolute atomic E-state index is 5.20. The van der Waals surface area contributed by atoms with Crippen molar-refractivity contribution in [3.05, 3.63) is 18.1 Å². The highest BCUT2D eigenvalue weighted by Crippen LogP contribution is 2.13. The molecule has 0 spiro atoms. The van der Waals surface area contributed by atoms with Crippen LogP contribution in [0.3, 0.4) is 0 Å². The van der Waals surface area contributed by atoms with Crippen molar-refractivity contribution < 1.29 is 4.74 Å². The number of halogens is 1. The third-order valence-corrected chi connectivity index (χ3v) is 3.04. The molecule has 1 aliphatic rings. The zero-order valence-electron chi connectivity index (χ0n) is 10.9. The number of likely N-dealkylation sites (N-methyl/N-ethyl adjacent to an activating group) is 1. The van der Waals surface area contributed by atoms with Gasteiger partial charge in [-0.15, -0.1) is 12.4 Å². The van der Waals surface area contributed by atoms with Gasteiger partial charge in [0.25, 0.3) is 0 Å². The highest BCUT2D eigenvalue weighted by atomic mass is 35.5. The monoisotopic (exact) mass is 272 g/mol. The summed E-state index contributed by atoms with van der Waals surface area (Å²) in [5.74, 6) is 0.624. The van der Waals surface area contributed by atoms with Gasteiger partial charge in [0.1, 0.15) is 5.69 Å². The fourth-order valence-corrected chi connectivity index (χ4v) is 2.24. The van der Waals surface area contributed by atoms with Crippen LogP contribution in [0.25, 0.3) is 0 Å². The normalized spacial score (nSPS) is 18.7. The van der Waals surface area contributed by atoms with E-state index in [4.69, 9.17) is 4.74 Å². The van der Waals surface area contributed by atoms with Crippen molar-refractivity contribution in [3.8, 4) is 5.88 Å². The fraction of sp³-hybridized carbons (Fsp3) is 0.667. The molecule has 6 heteroatoms. The molecule has 0 saturated carbocycles. The Morgan fingerprint density at radius 3 is 2.89 bits per heavy atom. The first-order chi connectivity index (χ1) is 8.29. The van der Waals surface area contributed by atoms with Gasteiger partial charge in [0.15, 0.2) is 0 Å². The van der Waals surface area contributed by atoms with E-state index in [1.807, 2.05) is 0 Å². The number of rotatable bonds is 5. The summed E-state index contributed by atoms with van der Waals surface area (Å²) in [5.41, 5.74) is 0.899. The molecular formula is C12H21ClN4O. The van der Waals surface area contributed by atoms with Gasteiger partial charge in [0.05, 0.1) is 7.11 Å². The van der Waals surface area contributed by atoms with Crippen molar-refractivity contribution in [1.29, 1.82) is 0 Å². The Bertz CT molecular complexity index is 358. The number of aromatic nitrogens is 2. The van der Waals surface area contributed by atoms with E-state index in [9.17, 15) is 0 Å². The molecule has 0 bridgehead atoms. The zero-order valence-corrected chi connectivity index (χ0v) is 11.7. The van der Waals surface area contributed by atoms with Crippen LogP contribution in [0.4, 0.5) is 0 Å². The van der Waals surface area contributed by atoms with Gasteiger partial charge in [0, 0.05) is 31.5 Å². The second-order valence-electron chi connectivity index (χ2n) is 4.50. The minimum atomic E-state index is 0. The number of nitrogens with one attached hydrogen (secondary N) is 1. The first kappa shape index (κ1) is 15.1. The van der Waals surface area contributed by atoms with E-state index >= 15 is 0 Å². The van der Waals surface area contributed by atoms with Crippen LogP contribution in [-0.4, -0.2) is 48.2 Å². The average Bonchev–Trinajstić information content (AvgIpc) is 2.82. The van der Waals surface area contributed by atoms with E-state index in [2.05, 4.69) is 27.2 Å². The van der Waals surface area contributed by atoms with Crippen molar-refractivity contribution in [2.24, 2.45) is 0 Å². The van der Waals surface area contributed by atoms with E-state index in [0.717, 1.165) is 25.3 Å². The predicted octanol–water partition coefficient (Wildman–Crippen LogP) is 1.09. The summed E-state index contributed by atoms with van der Waals surface area (Å²) in [4.78, 5) is 10.7. The molecule has 1 fully saturated rings. The number of ether oxygens (including phenoxy) is 1. The predicted molar refractivity (Wildman–Crippen MR) is 73.2 cm³/mol. The Morgan fingerprint density at radius 1 is 1.44 bits per heavy atom. The molecule has 18 heavy (non-hydrogen) atoms. The summed E-state index contributed by atoms with van der Waals surface area (Å²) in [6.07, 6.45) is 5.91. The van der Waals surface area contributed by atoms with E-state index in [1.54, 1.807) is 19.5 Å². The van der Waals surface area contributed by atoms with Gasteiger partial charge in [-0.3, -0.25) is 9.88 Å². The summed E-state index contributed by atoms with van der Waals surface area (Å²) in [5, 5.41) is 3.49. The van der Waals surface area contributed by atoms with Gasteiger partial charge < -0.3 is 10.1 Å². The standard InChI is InChI=1S/C12H20N4O.ClH/c1-16(8-10-4-3-5-13-10)9-11-12(17-2)15-7-6-14-11;/h6-7,10,13H,3-5,8-9H2,1-2H3;1H. The lowest BCUT2D eigenvalue weighted by Gasteiger charge is -2.21. The zero-order chi connectivity index (χ0) is 12.1. The number of methoxy groups -OCH3 is 1.